The summed E-state index contributed by atoms with van der Waals surface area (Å²) < 4.78 is 0. The molecule has 26 heavy (non-hydrogen) atoms. The van der Waals surface area contributed by atoms with Crippen LogP contribution < -0.4 is 15.5 Å². The fraction of sp³-hybridized carbons (Fsp3) is 0.278. The minimum absolute atomic E-state index is 0.0492. The number of carbonyl (C=O) groups is 1. The number of carbonyl (C=O) groups excluding carboxylic acids is 1. The number of nitrogens with one attached hydrogen (secondary N) is 2. The third-order valence-electron chi connectivity index (χ3n) is 3.70. The molecule has 1 amide bonds. The maximum atomic E-state index is 12.2. The van der Waals surface area contributed by atoms with Gasteiger partial charge in [0.15, 0.2) is 0 Å². The van der Waals surface area contributed by atoms with E-state index in [0.29, 0.717) is 30.1 Å². The number of rotatable bonds is 8. The molecular weight excluding hydrogens is 356 g/mol. The summed E-state index contributed by atoms with van der Waals surface area (Å²) in [5.41, 5.74) is 2.39. The zero-order chi connectivity index (χ0) is 19.1. The van der Waals surface area contributed by atoms with Gasteiger partial charge in [0, 0.05) is 49.9 Å². The molecular formula is C18H21ClN4O3. The Morgan fingerprint density at radius 1 is 1.19 bits per heavy atom. The van der Waals surface area contributed by atoms with Crippen molar-refractivity contribution in [2.75, 3.05) is 36.2 Å². The number of anilines is 3. The second-order valence-electron chi connectivity index (χ2n) is 5.94. The van der Waals surface area contributed by atoms with E-state index in [4.69, 9.17) is 11.6 Å². The highest BCUT2D eigenvalue weighted by Crippen LogP contribution is 2.28. The van der Waals surface area contributed by atoms with Crippen molar-refractivity contribution in [2.45, 2.75) is 12.8 Å². The number of hydrogen-bond acceptors (Lipinski definition) is 5. The summed E-state index contributed by atoms with van der Waals surface area (Å²) in [7, 11) is 3.79. The van der Waals surface area contributed by atoms with Gasteiger partial charge in [0.05, 0.1) is 16.3 Å². The van der Waals surface area contributed by atoms with Crippen molar-refractivity contribution in [1.82, 2.24) is 0 Å². The Morgan fingerprint density at radius 3 is 2.50 bits per heavy atom. The van der Waals surface area contributed by atoms with Gasteiger partial charge in [-0.1, -0.05) is 11.6 Å². The Labute approximate surface area is 157 Å². The number of hydrogen-bond donors (Lipinski definition) is 2. The van der Waals surface area contributed by atoms with Crippen molar-refractivity contribution in [2.24, 2.45) is 0 Å². The van der Waals surface area contributed by atoms with Gasteiger partial charge in [-0.15, -0.1) is 0 Å². The Kier molecular flexibility index (Phi) is 6.80. The quantitative estimate of drug-likeness (QED) is 0.410. The molecule has 0 spiro atoms. The number of benzene rings is 2. The Bertz CT molecular complexity index is 779. The van der Waals surface area contributed by atoms with Crippen LogP contribution in [0.25, 0.3) is 0 Å². The Morgan fingerprint density at radius 2 is 1.88 bits per heavy atom. The first-order valence-electron chi connectivity index (χ1n) is 8.12. The molecule has 2 aromatic carbocycles. The lowest BCUT2D eigenvalue weighted by Crippen LogP contribution is -2.17. The number of nitrogens with zero attached hydrogens (tertiary/aromatic N) is 2. The number of non-ortho nitro benzene ring substituents is 1. The van der Waals surface area contributed by atoms with Crippen LogP contribution in [0.15, 0.2) is 42.5 Å². The fourth-order valence-corrected chi connectivity index (χ4v) is 2.57. The molecule has 138 valence electrons. The number of halogens is 1. The molecule has 0 unspecified atom stereocenters. The van der Waals surface area contributed by atoms with Crippen molar-refractivity contribution < 1.29 is 9.72 Å². The standard InChI is InChI=1S/C18H21ClN4O3/c1-22(2)17-10-5-13(19)12-16(17)21-18(24)4-3-11-20-14-6-8-15(9-7-14)23(25)26/h5-10,12,20H,3-4,11H2,1-2H3,(H,21,24). The van der Waals surface area contributed by atoms with E-state index in [1.54, 1.807) is 24.3 Å². The second-order valence-corrected chi connectivity index (χ2v) is 6.37. The summed E-state index contributed by atoms with van der Waals surface area (Å²) in [6.07, 6.45) is 0.972. The van der Waals surface area contributed by atoms with E-state index in [0.717, 1.165) is 11.4 Å². The maximum absolute atomic E-state index is 12.2. The van der Waals surface area contributed by atoms with Gasteiger partial charge in [0.1, 0.15) is 0 Å². The van der Waals surface area contributed by atoms with Crippen LogP contribution in [0.1, 0.15) is 12.8 Å². The molecule has 0 aliphatic rings. The molecule has 0 heterocycles. The van der Waals surface area contributed by atoms with Gasteiger partial charge in [-0.3, -0.25) is 14.9 Å². The molecule has 0 aliphatic carbocycles. The highest BCUT2D eigenvalue weighted by Gasteiger charge is 2.09. The molecule has 2 aromatic rings. The van der Waals surface area contributed by atoms with Crippen LogP contribution >= 0.6 is 11.6 Å². The first-order valence-corrected chi connectivity index (χ1v) is 8.49. The third kappa shape index (κ3) is 5.63. The average Bonchev–Trinajstić information content (AvgIpc) is 2.59. The largest absolute Gasteiger partial charge is 0.385 e. The number of nitro benzene ring substituents is 1. The molecule has 0 aromatic heterocycles. The molecule has 0 aliphatic heterocycles. The molecule has 0 atom stereocenters. The molecule has 0 saturated heterocycles. The van der Waals surface area contributed by atoms with Crippen LogP contribution in [0.4, 0.5) is 22.7 Å². The summed E-state index contributed by atoms with van der Waals surface area (Å²) >= 11 is 6.01. The summed E-state index contributed by atoms with van der Waals surface area (Å²) in [6, 6.07) is 11.5. The first-order chi connectivity index (χ1) is 12.4. The second kappa shape index (κ2) is 9.05. The molecule has 8 heteroatoms. The number of amides is 1. The maximum Gasteiger partial charge on any atom is 0.269 e. The lowest BCUT2D eigenvalue weighted by atomic mass is 10.2. The Hall–Kier alpha value is -2.80. The van der Waals surface area contributed by atoms with E-state index >= 15 is 0 Å². The molecule has 0 radical (unpaired) electrons. The van der Waals surface area contributed by atoms with Gasteiger partial charge >= 0.3 is 0 Å². The molecule has 0 bridgehead atoms. The van der Waals surface area contributed by atoms with Gasteiger partial charge in [-0.2, -0.15) is 0 Å². The summed E-state index contributed by atoms with van der Waals surface area (Å²) in [4.78, 5) is 24.2. The lowest BCUT2D eigenvalue weighted by molar-refractivity contribution is -0.384. The molecule has 0 saturated carbocycles. The predicted octanol–water partition coefficient (Wildman–Crippen LogP) is 4.15. The van der Waals surface area contributed by atoms with E-state index < -0.39 is 4.92 Å². The third-order valence-corrected chi connectivity index (χ3v) is 3.94. The Balaban J connectivity index is 1.80. The zero-order valence-electron chi connectivity index (χ0n) is 14.7. The lowest BCUT2D eigenvalue weighted by Gasteiger charge is -2.18. The molecule has 2 N–H and O–H groups in total. The van der Waals surface area contributed by atoms with E-state index in [2.05, 4.69) is 10.6 Å². The van der Waals surface area contributed by atoms with Crippen molar-refractivity contribution >= 4 is 40.3 Å². The number of nitro groups is 1. The normalized spacial score (nSPS) is 10.3. The van der Waals surface area contributed by atoms with Gasteiger partial charge in [-0.25, -0.2) is 0 Å². The monoisotopic (exact) mass is 376 g/mol. The zero-order valence-corrected chi connectivity index (χ0v) is 15.4. The highest BCUT2D eigenvalue weighted by atomic mass is 35.5. The first kappa shape index (κ1) is 19.5. The van der Waals surface area contributed by atoms with Crippen LogP contribution in [0.2, 0.25) is 5.02 Å². The smallest absolute Gasteiger partial charge is 0.269 e. The van der Waals surface area contributed by atoms with Crippen molar-refractivity contribution in [3.63, 3.8) is 0 Å². The fourth-order valence-electron chi connectivity index (χ4n) is 2.39. The molecule has 0 fully saturated rings. The average molecular weight is 377 g/mol. The minimum atomic E-state index is -0.439. The molecule has 2 rings (SSSR count). The van der Waals surface area contributed by atoms with Crippen molar-refractivity contribution in [1.29, 1.82) is 0 Å². The summed E-state index contributed by atoms with van der Waals surface area (Å²) in [6.45, 7) is 0.585. The van der Waals surface area contributed by atoms with Crippen LogP contribution in [0.3, 0.4) is 0 Å². The van der Waals surface area contributed by atoms with Gasteiger partial charge in [0.25, 0.3) is 5.69 Å². The van der Waals surface area contributed by atoms with Crippen LogP contribution in [-0.4, -0.2) is 31.5 Å². The van der Waals surface area contributed by atoms with Gasteiger partial charge in [0.2, 0.25) is 5.91 Å². The minimum Gasteiger partial charge on any atom is -0.385 e. The topological polar surface area (TPSA) is 87.5 Å². The molecule has 7 nitrogen and oxygen atoms in total. The van der Waals surface area contributed by atoms with Crippen LogP contribution in [0, 0.1) is 10.1 Å². The van der Waals surface area contributed by atoms with Gasteiger partial charge < -0.3 is 15.5 Å². The SMILES string of the molecule is CN(C)c1ccc(Cl)cc1NC(=O)CCCNc1ccc([N+](=O)[O-])cc1. The van der Waals surface area contributed by atoms with E-state index in [1.165, 1.54) is 12.1 Å². The van der Waals surface area contributed by atoms with Crippen LogP contribution in [-0.2, 0) is 4.79 Å². The summed E-state index contributed by atoms with van der Waals surface area (Å²) in [5.74, 6) is -0.0964. The van der Waals surface area contributed by atoms with Crippen molar-refractivity contribution in [3.8, 4) is 0 Å². The van der Waals surface area contributed by atoms with E-state index in [9.17, 15) is 14.9 Å². The predicted molar refractivity (Wildman–Crippen MR) is 105 cm³/mol. The van der Waals surface area contributed by atoms with E-state index in [-0.39, 0.29) is 11.6 Å². The van der Waals surface area contributed by atoms with Crippen LogP contribution in [0.5, 0.6) is 0 Å². The summed E-state index contributed by atoms with van der Waals surface area (Å²) in [5, 5.41) is 17.2. The highest BCUT2D eigenvalue weighted by molar-refractivity contribution is 6.31. The van der Waals surface area contributed by atoms with E-state index in [1.807, 2.05) is 25.1 Å². The van der Waals surface area contributed by atoms with Gasteiger partial charge in [-0.05, 0) is 36.8 Å². The van der Waals surface area contributed by atoms with Crippen molar-refractivity contribution in [3.05, 3.63) is 57.6 Å².